The molecule has 2 unspecified atom stereocenters. The average molecular weight is 566 g/mol. The summed E-state index contributed by atoms with van der Waals surface area (Å²) in [6, 6.07) is 19.2. The molecule has 2 heterocycles. The van der Waals surface area contributed by atoms with Crippen molar-refractivity contribution >= 4 is 21.9 Å². The lowest BCUT2D eigenvalue weighted by Gasteiger charge is -2.18. The number of aromatic nitrogens is 2. The number of phosphoric ester groups is 1. The summed E-state index contributed by atoms with van der Waals surface area (Å²) in [7, 11) is -7.28. The van der Waals surface area contributed by atoms with Crippen molar-refractivity contribution in [2.24, 2.45) is 0 Å². The van der Waals surface area contributed by atoms with Gasteiger partial charge < -0.3 is 15.4 Å². The molecule has 3 N–H and O–H groups in total. The lowest BCUT2D eigenvalue weighted by atomic mass is 10.2. The molecule has 5 atom stereocenters. The first-order chi connectivity index (χ1) is 18.3. The number of hydrogen-bond donors (Lipinski definition) is 2. The van der Waals surface area contributed by atoms with E-state index in [1.54, 1.807) is 42.5 Å². The number of phosphoric acid groups is 1. The number of nitrogen functional groups attached to an aromatic ring is 1. The van der Waals surface area contributed by atoms with Gasteiger partial charge in [0.1, 0.15) is 30.9 Å². The summed E-state index contributed by atoms with van der Waals surface area (Å²) in [4.78, 5) is 31.1. The van der Waals surface area contributed by atoms with Gasteiger partial charge in [-0.05, 0) is 17.2 Å². The van der Waals surface area contributed by atoms with Crippen LogP contribution in [-0.4, -0.2) is 33.3 Å². The minimum atomic E-state index is -4.49. The van der Waals surface area contributed by atoms with Crippen LogP contribution in [0.25, 0.3) is 0 Å². The second-order valence-electron chi connectivity index (χ2n) is 8.12. The van der Waals surface area contributed by atoms with Gasteiger partial charge in [-0.15, -0.1) is 4.52 Å². The highest BCUT2D eigenvalue weighted by Gasteiger charge is 2.45. The fourth-order valence-corrected chi connectivity index (χ4v) is 4.89. The van der Waals surface area contributed by atoms with Gasteiger partial charge in [-0.2, -0.15) is 9.87 Å². The molecule has 1 fully saturated rings. The highest BCUT2D eigenvalue weighted by atomic mass is 31.2. The molecule has 13 nitrogen and oxygen atoms in total. The van der Waals surface area contributed by atoms with E-state index in [1.165, 1.54) is 12.3 Å². The van der Waals surface area contributed by atoms with Crippen LogP contribution in [0.2, 0.25) is 0 Å². The summed E-state index contributed by atoms with van der Waals surface area (Å²) in [5, 5.41) is 0. The molecule has 3 aromatic rings. The van der Waals surface area contributed by atoms with Crippen molar-refractivity contribution in [1.82, 2.24) is 9.55 Å². The fourth-order valence-electron chi connectivity index (χ4n) is 3.55. The Morgan fingerprint density at radius 1 is 1.05 bits per heavy atom. The van der Waals surface area contributed by atoms with Gasteiger partial charge in [0, 0.05) is 17.2 Å². The van der Waals surface area contributed by atoms with Crippen molar-refractivity contribution in [3.63, 3.8) is 0 Å². The zero-order chi connectivity index (χ0) is 27.0. The Hall–Kier alpha value is -2.83. The van der Waals surface area contributed by atoms with E-state index in [-0.39, 0.29) is 25.5 Å². The number of ether oxygens (including phenoxy) is 1. The summed E-state index contributed by atoms with van der Waals surface area (Å²) < 4.78 is 52.3. The molecule has 38 heavy (non-hydrogen) atoms. The van der Waals surface area contributed by atoms with Crippen LogP contribution in [0.3, 0.4) is 0 Å². The maximum Gasteiger partial charge on any atom is 0.729 e. The Kier molecular flexibility index (Phi) is 9.86. The Bertz CT molecular complexity index is 1310. The van der Waals surface area contributed by atoms with E-state index in [0.29, 0.717) is 5.56 Å². The van der Waals surface area contributed by atoms with E-state index in [0.717, 1.165) is 10.1 Å². The molecule has 0 spiro atoms. The summed E-state index contributed by atoms with van der Waals surface area (Å²) in [5.41, 5.74) is 6.33. The van der Waals surface area contributed by atoms with Gasteiger partial charge in [0.25, 0.3) is 0 Å². The van der Waals surface area contributed by atoms with Crippen LogP contribution < -0.4 is 11.4 Å². The Morgan fingerprint density at radius 2 is 1.71 bits per heavy atom. The largest absolute Gasteiger partial charge is 0.729 e. The summed E-state index contributed by atoms with van der Waals surface area (Å²) >= 11 is 0. The predicted octanol–water partition coefficient (Wildman–Crippen LogP) is 3.64. The number of nitrogens with zero attached hydrogens (tertiary/aromatic N) is 2. The van der Waals surface area contributed by atoms with Gasteiger partial charge in [-0.25, -0.2) is 9.36 Å². The van der Waals surface area contributed by atoms with Gasteiger partial charge in [-0.1, -0.05) is 60.7 Å². The number of hydrogen-bond acceptors (Lipinski definition) is 11. The molecular weight excluding hydrogens is 540 g/mol. The molecular formula is C23H26N3O10P2+. The minimum absolute atomic E-state index is 0.0171. The van der Waals surface area contributed by atoms with Gasteiger partial charge in [0.05, 0.1) is 17.9 Å². The maximum atomic E-state index is 12.4. The summed E-state index contributed by atoms with van der Waals surface area (Å²) in [6.45, 7) is -0.608. The molecule has 202 valence electrons. The highest BCUT2D eigenvalue weighted by Crippen LogP contribution is 2.46. The van der Waals surface area contributed by atoms with E-state index in [9.17, 15) is 18.8 Å². The Balaban J connectivity index is 1.37. The van der Waals surface area contributed by atoms with Crippen LogP contribution in [-0.2, 0) is 50.2 Å². The Labute approximate surface area is 218 Å². The second kappa shape index (κ2) is 13.3. The van der Waals surface area contributed by atoms with E-state index >= 15 is 0 Å². The first kappa shape index (κ1) is 28.2. The topological polar surface area (TPSA) is 171 Å². The number of rotatable bonds is 13. The van der Waals surface area contributed by atoms with E-state index in [4.69, 9.17) is 33.6 Å². The molecule has 1 aromatic heterocycles. The van der Waals surface area contributed by atoms with Crippen molar-refractivity contribution in [2.75, 3.05) is 12.3 Å². The Morgan fingerprint density at radius 3 is 2.37 bits per heavy atom. The van der Waals surface area contributed by atoms with Gasteiger partial charge in [0.2, 0.25) is 0 Å². The lowest BCUT2D eigenvalue weighted by Crippen LogP contribution is -2.28. The first-order valence-corrected chi connectivity index (χ1v) is 14.0. The SMILES string of the molecule is Nc1ccn([C@H]2C[C@H](O[P+](=O)OOCc3ccccc3)[C@@H](COP(=O)(O)OCc3ccccc3)O2)c(=O)n1. The third-order valence-electron chi connectivity index (χ3n) is 5.38. The van der Waals surface area contributed by atoms with Crippen LogP contribution >= 0.6 is 16.1 Å². The standard InChI is InChI=1S/C23H25N3O10P2/c24-21-11-12-26(23(27)25-21)22-13-19(35-37(28)36-31-14-17-7-3-1-4-8-17)20(34-22)16-33-38(29,30)32-15-18-9-5-2-6-10-18/h1-12,19-20,22H,13-16H2,(H2-,24,25,27,29,30)/p+1/t19-,20+,22+/m0/s1. The third kappa shape index (κ3) is 8.34. The van der Waals surface area contributed by atoms with Crippen molar-refractivity contribution in [3.8, 4) is 0 Å². The van der Waals surface area contributed by atoms with E-state index in [2.05, 4.69) is 4.98 Å². The monoisotopic (exact) mass is 566 g/mol. The molecule has 1 aliphatic heterocycles. The summed E-state index contributed by atoms with van der Waals surface area (Å²) in [5.74, 6) is 0.0285. The predicted molar refractivity (Wildman–Crippen MR) is 133 cm³/mol. The number of benzene rings is 2. The van der Waals surface area contributed by atoms with Crippen LogP contribution in [0.1, 0.15) is 23.8 Å². The van der Waals surface area contributed by atoms with Gasteiger partial charge in [-0.3, -0.25) is 13.6 Å². The molecule has 0 aliphatic carbocycles. The number of anilines is 1. The molecule has 4 rings (SSSR count). The van der Waals surface area contributed by atoms with E-state index < -0.39 is 46.8 Å². The normalized spacial score (nSPS) is 21.2. The molecule has 0 saturated carbocycles. The lowest BCUT2D eigenvalue weighted by molar-refractivity contribution is -0.222. The maximum absolute atomic E-state index is 12.4. The van der Waals surface area contributed by atoms with Crippen molar-refractivity contribution in [2.45, 2.75) is 38.1 Å². The second-order valence-corrected chi connectivity index (χ2v) is 10.4. The molecule has 0 amide bonds. The zero-order valence-corrected chi connectivity index (χ0v) is 21.8. The van der Waals surface area contributed by atoms with Crippen LogP contribution in [0.5, 0.6) is 0 Å². The van der Waals surface area contributed by atoms with Crippen molar-refractivity contribution in [3.05, 3.63) is 94.5 Å². The van der Waals surface area contributed by atoms with Gasteiger partial charge >= 0.3 is 21.8 Å². The zero-order valence-electron chi connectivity index (χ0n) is 20.0. The molecule has 1 saturated heterocycles. The number of nitrogens with two attached hydrogens (primary N) is 1. The smallest absolute Gasteiger partial charge is 0.383 e. The molecule has 0 radical (unpaired) electrons. The third-order valence-corrected chi connectivity index (χ3v) is 6.99. The van der Waals surface area contributed by atoms with Gasteiger partial charge in [0.15, 0.2) is 0 Å². The van der Waals surface area contributed by atoms with Crippen molar-refractivity contribution in [1.29, 1.82) is 0 Å². The molecule has 1 aliphatic rings. The molecule has 0 bridgehead atoms. The van der Waals surface area contributed by atoms with Crippen LogP contribution in [0.4, 0.5) is 5.82 Å². The quantitative estimate of drug-likeness (QED) is 0.175. The summed E-state index contributed by atoms with van der Waals surface area (Å²) in [6.07, 6.45) is -1.51. The van der Waals surface area contributed by atoms with E-state index in [1.807, 2.05) is 18.2 Å². The first-order valence-electron chi connectivity index (χ1n) is 11.4. The minimum Gasteiger partial charge on any atom is -0.383 e. The fraction of sp³-hybridized carbons (Fsp3) is 0.304. The average Bonchev–Trinajstić information content (AvgIpc) is 3.29. The molecule has 15 heteroatoms. The van der Waals surface area contributed by atoms with Crippen LogP contribution in [0, 0.1) is 0 Å². The van der Waals surface area contributed by atoms with Crippen LogP contribution in [0.15, 0.2) is 77.7 Å². The molecule has 2 aromatic carbocycles. The highest BCUT2D eigenvalue weighted by molar-refractivity contribution is 7.47. The van der Waals surface area contributed by atoms with Crippen molar-refractivity contribution < 1.29 is 41.9 Å².